The highest BCUT2D eigenvalue weighted by atomic mass is 32.2. The summed E-state index contributed by atoms with van der Waals surface area (Å²) < 4.78 is 12.5. The summed E-state index contributed by atoms with van der Waals surface area (Å²) in [6.45, 7) is 0. The zero-order chi connectivity index (χ0) is 11.3. The van der Waals surface area contributed by atoms with Crippen LogP contribution in [0, 0.1) is 5.82 Å². The van der Waals surface area contributed by atoms with Crippen molar-refractivity contribution in [3.8, 4) is 0 Å². The van der Waals surface area contributed by atoms with Crippen molar-refractivity contribution in [3.05, 3.63) is 35.6 Å². The number of hydrogen-bond donors (Lipinski definition) is 2. The van der Waals surface area contributed by atoms with Crippen molar-refractivity contribution in [2.24, 2.45) is 5.73 Å². The Balaban J connectivity index is 2.36. The molecule has 1 aromatic rings. The molecule has 0 bridgehead atoms. The third kappa shape index (κ3) is 4.80. The summed E-state index contributed by atoms with van der Waals surface area (Å²) >= 11 is 1.34. The molecule has 0 radical (unpaired) electrons. The minimum Gasteiger partial charge on any atom is -0.481 e. The number of hydrogen-bond acceptors (Lipinski definition) is 3. The molecule has 0 saturated carbocycles. The third-order valence-corrected chi connectivity index (χ3v) is 2.85. The van der Waals surface area contributed by atoms with E-state index in [4.69, 9.17) is 10.8 Å². The highest BCUT2D eigenvalue weighted by Crippen LogP contribution is 2.17. The Morgan fingerprint density at radius 2 is 2.07 bits per heavy atom. The number of benzene rings is 1. The first-order valence-corrected chi connectivity index (χ1v) is 5.46. The topological polar surface area (TPSA) is 63.3 Å². The number of thioether (sulfide) groups is 1. The molecule has 3 N–H and O–H groups in total. The Hall–Kier alpha value is -1.07. The van der Waals surface area contributed by atoms with Crippen molar-refractivity contribution in [3.63, 3.8) is 0 Å². The molecule has 0 aromatic heterocycles. The van der Waals surface area contributed by atoms with Crippen LogP contribution in [-0.4, -0.2) is 16.4 Å². The van der Waals surface area contributed by atoms with Crippen LogP contribution in [0.5, 0.6) is 0 Å². The van der Waals surface area contributed by atoms with Crippen LogP contribution in [0.4, 0.5) is 4.39 Å². The molecule has 0 saturated heterocycles. The molecule has 0 aliphatic rings. The van der Waals surface area contributed by atoms with Gasteiger partial charge in [-0.2, -0.15) is 0 Å². The lowest BCUT2D eigenvalue weighted by molar-refractivity contribution is -0.136. The van der Waals surface area contributed by atoms with E-state index in [-0.39, 0.29) is 12.2 Å². The monoisotopic (exact) mass is 229 g/mol. The first-order chi connectivity index (χ1) is 7.08. The highest BCUT2D eigenvalue weighted by Gasteiger charge is 2.08. The Morgan fingerprint density at radius 3 is 2.60 bits per heavy atom. The minimum atomic E-state index is -0.908. The van der Waals surface area contributed by atoms with E-state index in [1.807, 2.05) is 0 Å². The van der Waals surface area contributed by atoms with E-state index < -0.39 is 11.3 Å². The molecule has 1 aromatic carbocycles. The lowest BCUT2D eigenvalue weighted by Crippen LogP contribution is -2.19. The maximum Gasteiger partial charge on any atom is 0.305 e. The van der Waals surface area contributed by atoms with Crippen LogP contribution in [-0.2, 0) is 10.5 Å². The van der Waals surface area contributed by atoms with E-state index in [9.17, 15) is 9.18 Å². The average Bonchev–Trinajstić information content (AvgIpc) is 2.16. The fraction of sp³-hybridized carbons (Fsp3) is 0.300. The lowest BCUT2D eigenvalue weighted by atomic mass is 10.2. The fourth-order valence-electron chi connectivity index (χ4n) is 1.01. The minimum absolute atomic E-state index is 0.0636. The molecule has 0 aliphatic carbocycles. The van der Waals surface area contributed by atoms with E-state index in [1.165, 1.54) is 23.9 Å². The van der Waals surface area contributed by atoms with Gasteiger partial charge in [0.15, 0.2) is 0 Å². The van der Waals surface area contributed by atoms with Crippen molar-refractivity contribution < 1.29 is 14.3 Å². The number of halogens is 1. The van der Waals surface area contributed by atoms with Crippen molar-refractivity contribution in [1.82, 2.24) is 0 Å². The van der Waals surface area contributed by atoms with Gasteiger partial charge in [-0.15, -0.1) is 11.8 Å². The van der Waals surface area contributed by atoms with Crippen LogP contribution >= 0.6 is 11.8 Å². The van der Waals surface area contributed by atoms with Crippen molar-refractivity contribution in [2.45, 2.75) is 17.5 Å². The normalized spacial score (nSPS) is 12.4. The van der Waals surface area contributed by atoms with Gasteiger partial charge in [-0.3, -0.25) is 4.79 Å². The van der Waals surface area contributed by atoms with Gasteiger partial charge in [0.1, 0.15) is 5.82 Å². The molecule has 0 aliphatic heterocycles. The van der Waals surface area contributed by atoms with E-state index in [1.54, 1.807) is 12.1 Å². The zero-order valence-corrected chi connectivity index (χ0v) is 8.84. The molecule has 15 heavy (non-hydrogen) atoms. The van der Waals surface area contributed by atoms with Gasteiger partial charge >= 0.3 is 5.97 Å². The van der Waals surface area contributed by atoms with Gasteiger partial charge in [-0.05, 0) is 17.7 Å². The van der Waals surface area contributed by atoms with Gasteiger partial charge in [0.2, 0.25) is 0 Å². The molecule has 1 atom stereocenters. The molecular formula is C10H12FNO2S. The Morgan fingerprint density at radius 1 is 1.47 bits per heavy atom. The van der Waals surface area contributed by atoms with E-state index in [0.717, 1.165) is 5.56 Å². The summed E-state index contributed by atoms with van der Waals surface area (Å²) in [5.74, 6) is -0.595. The van der Waals surface area contributed by atoms with Crippen molar-refractivity contribution in [1.29, 1.82) is 0 Å². The summed E-state index contributed by atoms with van der Waals surface area (Å²) in [5, 5.41) is 8.05. The Kier molecular flexibility index (Phi) is 4.58. The van der Waals surface area contributed by atoms with Gasteiger partial charge in [0, 0.05) is 5.75 Å². The highest BCUT2D eigenvalue weighted by molar-refractivity contribution is 7.99. The van der Waals surface area contributed by atoms with Gasteiger partial charge in [0.05, 0.1) is 11.8 Å². The molecule has 0 spiro atoms. The second-order valence-corrected chi connectivity index (χ2v) is 4.30. The molecule has 1 unspecified atom stereocenters. The number of rotatable bonds is 5. The molecule has 3 nitrogen and oxygen atoms in total. The molecular weight excluding hydrogens is 217 g/mol. The SMILES string of the molecule is NC(CC(=O)O)SCc1ccc(F)cc1. The summed E-state index contributed by atoms with van der Waals surface area (Å²) in [6, 6.07) is 6.07. The first kappa shape index (κ1) is 12.0. The maximum absolute atomic E-state index is 12.5. The first-order valence-electron chi connectivity index (χ1n) is 4.41. The summed E-state index contributed by atoms with van der Waals surface area (Å²) in [4.78, 5) is 10.3. The predicted molar refractivity (Wildman–Crippen MR) is 57.9 cm³/mol. The van der Waals surface area contributed by atoms with Gasteiger partial charge in [-0.1, -0.05) is 12.1 Å². The number of carboxylic acid groups (broad SMARTS) is 1. The second-order valence-electron chi connectivity index (χ2n) is 3.07. The zero-order valence-electron chi connectivity index (χ0n) is 8.02. The molecule has 0 fully saturated rings. The van der Waals surface area contributed by atoms with E-state index >= 15 is 0 Å². The third-order valence-electron chi connectivity index (χ3n) is 1.75. The number of carbonyl (C=O) groups is 1. The number of aliphatic carboxylic acids is 1. The summed E-state index contributed by atoms with van der Waals surface area (Å²) in [5.41, 5.74) is 6.49. The predicted octanol–water partition coefficient (Wildman–Crippen LogP) is 1.82. The number of carboxylic acids is 1. The molecule has 5 heteroatoms. The van der Waals surface area contributed by atoms with Gasteiger partial charge < -0.3 is 10.8 Å². The standard InChI is InChI=1S/C10H12FNO2S/c11-8-3-1-7(2-4-8)6-15-9(12)5-10(13)14/h1-4,9H,5-6,12H2,(H,13,14). The van der Waals surface area contributed by atoms with Crippen LogP contribution in [0.3, 0.4) is 0 Å². The van der Waals surface area contributed by atoms with Crippen LogP contribution in [0.25, 0.3) is 0 Å². The number of nitrogens with two attached hydrogens (primary N) is 1. The summed E-state index contributed by atoms with van der Waals surface area (Å²) in [7, 11) is 0. The van der Waals surface area contributed by atoms with Crippen LogP contribution in [0.2, 0.25) is 0 Å². The van der Waals surface area contributed by atoms with Crippen molar-refractivity contribution in [2.75, 3.05) is 0 Å². The lowest BCUT2D eigenvalue weighted by Gasteiger charge is -2.08. The molecule has 0 amide bonds. The van der Waals surface area contributed by atoms with E-state index in [0.29, 0.717) is 5.75 Å². The fourth-order valence-corrected chi connectivity index (χ4v) is 1.87. The van der Waals surface area contributed by atoms with Gasteiger partial charge in [-0.25, -0.2) is 4.39 Å². The van der Waals surface area contributed by atoms with E-state index in [2.05, 4.69) is 0 Å². The van der Waals surface area contributed by atoms with Crippen molar-refractivity contribution >= 4 is 17.7 Å². The smallest absolute Gasteiger partial charge is 0.305 e. The molecule has 82 valence electrons. The second kappa shape index (κ2) is 5.72. The van der Waals surface area contributed by atoms with Crippen LogP contribution in [0.1, 0.15) is 12.0 Å². The molecule has 1 rings (SSSR count). The Bertz CT molecular complexity index is 329. The quantitative estimate of drug-likeness (QED) is 0.756. The average molecular weight is 229 g/mol. The van der Waals surface area contributed by atoms with Crippen LogP contribution < -0.4 is 5.73 Å². The van der Waals surface area contributed by atoms with Gasteiger partial charge in [0.25, 0.3) is 0 Å². The maximum atomic E-state index is 12.5. The largest absolute Gasteiger partial charge is 0.481 e. The summed E-state index contributed by atoms with van der Waals surface area (Å²) in [6.07, 6.45) is -0.0636. The van der Waals surface area contributed by atoms with Crippen LogP contribution in [0.15, 0.2) is 24.3 Å². The Labute approximate surface area is 91.5 Å². The molecule has 0 heterocycles.